The largest absolute Gasteiger partial charge is 0.481 e. The zero-order chi connectivity index (χ0) is 13.4. The van der Waals surface area contributed by atoms with Gasteiger partial charge in [-0.3, -0.25) is 4.79 Å². The molecule has 0 amide bonds. The molecule has 1 aromatic rings. The van der Waals surface area contributed by atoms with Crippen molar-refractivity contribution >= 4 is 5.97 Å². The predicted molar refractivity (Wildman–Crippen MR) is 70.3 cm³/mol. The number of hydrogen-bond donors (Lipinski definition) is 2. The molecule has 2 unspecified atom stereocenters. The molecule has 0 fully saturated rings. The molecular weight excluding hydrogens is 230 g/mol. The fourth-order valence-electron chi connectivity index (χ4n) is 1.81. The number of nitrogens with one attached hydrogen (secondary N) is 1. The van der Waals surface area contributed by atoms with Crippen LogP contribution < -0.4 is 5.32 Å². The van der Waals surface area contributed by atoms with Crippen molar-refractivity contribution in [3.05, 3.63) is 18.7 Å². The summed E-state index contributed by atoms with van der Waals surface area (Å²) in [7, 11) is 0. The lowest BCUT2D eigenvalue weighted by Gasteiger charge is -2.14. The van der Waals surface area contributed by atoms with E-state index in [9.17, 15) is 4.79 Å². The summed E-state index contributed by atoms with van der Waals surface area (Å²) in [5.74, 6) is -0.932. The lowest BCUT2D eigenvalue weighted by Crippen LogP contribution is -2.29. The molecule has 0 radical (unpaired) electrons. The molecule has 0 bridgehead atoms. The summed E-state index contributed by atoms with van der Waals surface area (Å²) in [6, 6.07) is 0.425. The molecule has 0 saturated heterocycles. The first-order valence-corrected chi connectivity index (χ1v) is 6.51. The Hall–Kier alpha value is -1.36. The van der Waals surface area contributed by atoms with E-state index in [0.717, 1.165) is 32.4 Å². The van der Waals surface area contributed by atoms with Crippen LogP contribution in [0.1, 0.15) is 33.1 Å². The van der Waals surface area contributed by atoms with Crippen molar-refractivity contribution in [2.75, 3.05) is 6.54 Å². The van der Waals surface area contributed by atoms with Gasteiger partial charge in [-0.25, -0.2) is 4.98 Å². The third-order valence-corrected chi connectivity index (χ3v) is 3.12. The van der Waals surface area contributed by atoms with Gasteiger partial charge in [0.2, 0.25) is 0 Å². The first-order valence-electron chi connectivity index (χ1n) is 6.51. The smallest absolute Gasteiger partial charge is 0.306 e. The van der Waals surface area contributed by atoms with E-state index in [2.05, 4.69) is 17.2 Å². The zero-order valence-corrected chi connectivity index (χ0v) is 11.2. The Kier molecular flexibility index (Phi) is 6.43. The Morgan fingerprint density at radius 2 is 2.22 bits per heavy atom. The molecule has 1 rings (SSSR count). The SMILES string of the molecule is CC(CCCC(C)C(=O)O)NCCn1ccnc1. The van der Waals surface area contributed by atoms with Crippen molar-refractivity contribution in [1.82, 2.24) is 14.9 Å². The van der Waals surface area contributed by atoms with Crippen LogP contribution in [0.4, 0.5) is 0 Å². The maximum atomic E-state index is 10.7. The molecule has 5 heteroatoms. The van der Waals surface area contributed by atoms with E-state index in [1.54, 1.807) is 19.4 Å². The minimum atomic E-state index is -0.698. The maximum Gasteiger partial charge on any atom is 0.306 e. The van der Waals surface area contributed by atoms with E-state index in [4.69, 9.17) is 5.11 Å². The Balaban J connectivity index is 2.03. The van der Waals surface area contributed by atoms with E-state index >= 15 is 0 Å². The average Bonchev–Trinajstić information content (AvgIpc) is 2.81. The van der Waals surface area contributed by atoms with Gasteiger partial charge in [0.15, 0.2) is 0 Å². The molecule has 0 aliphatic carbocycles. The van der Waals surface area contributed by atoms with Crippen molar-refractivity contribution in [3.63, 3.8) is 0 Å². The number of imidazole rings is 1. The molecule has 5 nitrogen and oxygen atoms in total. The fourth-order valence-corrected chi connectivity index (χ4v) is 1.81. The van der Waals surface area contributed by atoms with Crippen LogP contribution in [-0.2, 0) is 11.3 Å². The summed E-state index contributed by atoms with van der Waals surface area (Å²) >= 11 is 0. The Morgan fingerprint density at radius 1 is 1.44 bits per heavy atom. The van der Waals surface area contributed by atoms with Crippen molar-refractivity contribution in [2.24, 2.45) is 5.92 Å². The van der Waals surface area contributed by atoms with E-state index in [0.29, 0.717) is 6.04 Å². The van der Waals surface area contributed by atoms with Gasteiger partial charge in [-0.2, -0.15) is 0 Å². The molecule has 2 N–H and O–H groups in total. The summed E-state index contributed by atoms with van der Waals surface area (Å²) in [6.45, 7) is 5.72. The van der Waals surface area contributed by atoms with E-state index in [1.165, 1.54) is 0 Å². The lowest BCUT2D eigenvalue weighted by molar-refractivity contribution is -0.141. The predicted octanol–water partition coefficient (Wildman–Crippen LogP) is 1.75. The van der Waals surface area contributed by atoms with Crippen LogP contribution in [0.2, 0.25) is 0 Å². The highest BCUT2D eigenvalue weighted by Gasteiger charge is 2.10. The molecule has 0 aliphatic heterocycles. The Morgan fingerprint density at radius 3 is 2.83 bits per heavy atom. The first kappa shape index (κ1) is 14.7. The van der Waals surface area contributed by atoms with Gasteiger partial charge in [0, 0.05) is 31.5 Å². The molecule has 2 atom stereocenters. The topological polar surface area (TPSA) is 67.2 Å². The fraction of sp³-hybridized carbons (Fsp3) is 0.692. The first-order chi connectivity index (χ1) is 8.59. The average molecular weight is 253 g/mol. The minimum absolute atomic E-state index is 0.233. The molecular formula is C13H23N3O2. The highest BCUT2D eigenvalue weighted by molar-refractivity contribution is 5.69. The van der Waals surface area contributed by atoms with Gasteiger partial charge in [0.05, 0.1) is 12.2 Å². The second-order valence-corrected chi connectivity index (χ2v) is 4.83. The summed E-state index contributed by atoms with van der Waals surface area (Å²) in [4.78, 5) is 14.6. The number of rotatable bonds is 9. The van der Waals surface area contributed by atoms with Crippen LogP contribution >= 0.6 is 0 Å². The summed E-state index contributed by atoms with van der Waals surface area (Å²) < 4.78 is 2.03. The molecule has 18 heavy (non-hydrogen) atoms. The van der Waals surface area contributed by atoms with Gasteiger partial charge in [-0.05, 0) is 19.8 Å². The normalized spacial score (nSPS) is 14.3. The van der Waals surface area contributed by atoms with E-state index in [1.807, 2.05) is 10.8 Å². The molecule has 0 aromatic carbocycles. The third kappa shape index (κ3) is 5.82. The maximum absolute atomic E-state index is 10.7. The number of aliphatic carboxylic acids is 1. The number of nitrogens with zero attached hydrogens (tertiary/aromatic N) is 2. The highest BCUT2D eigenvalue weighted by atomic mass is 16.4. The summed E-state index contributed by atoms with van der Waals surface area (Å²) in [5, 5.41) is 12.2. The second kappa shape index (κ2) is 7.87. The van der Waals surface area contributed by atoms with Gasteiger partial charge in [0.25, 0.3) is 0 Å². The van der Waals surface area contributed by atoms with Gasteiger partial charge < -0.3 is 15.0 Å². The standard InChI is InChI=1S/C13H23N3O2/c1-11(13(17)18)4-3-5-12(2)15-7-9-16-8-6-14-10-16/h6,8,10-12,15H,3-5,7,9H2,1-2H3,(H,17,18). The lowest BCUT2D eigenvalue weighted by atomic mass is 10.0. The number of carboxylic acid groups (broad SMARTS) is 1. The van der Waals surface area contributed by atoms with Crippen LogP contribution in [0.5, 0.6) is 0 Å². The molecule has 102 valence electrons. The number of aromatic nitrogens is 2. The quantitative estimate of drug-likeness (QED) is 0.703. The number of carbonyl (C=O) groups is 1. The van der Waals surface area contributed by atoms with Crippen LogP contribution in [0.25, 0.3) is 0 Å². The second-order valence-electron chi connectivity index (χ2n) is 4.83. The van der Waals surface area contributed by atoms with Crippen molar-refractivity contribution < 1.29 is 9.90 Å². The van der Waals surface area contributed by atoms with E-state index < -0.39 is 5.97 Å². The minimum Gasteiger partial charge on any atom is -0.481 e. The van der Waals surface area contributed by atoms with Crippen LogP contribution in [0, 0.1) is 5.92 Å². The third-order valence-electron chi connectivity index (χ3n) is 3.12. The molecule has 0 saturated carbocycles. The van der Waals surface area contributed by atoms with Gasteiger partial charge in [-0.15, -0.1) is 0 Å². The Bertz CT molecular complexity index is 338. The highest BCUT2D eigenvalue weighted by Crippen LogP contribution is 2.09. The van der Waals surface area contributed by atoms with Crippen LogP contribution in [-0.4, -0.2) is 33.2 Å². The van der Waals surface area contributed by atoms with E-state index in [-0.39, 0.29) is 5.92 Å². The van der Waals surface area contributed by atoms with Crippen molar-refractivity contribution in [2.45, 2.75) is 45.7 Å². The molecule has 0 aliphatic rings. The summed E-state index contributed by atoms with van der Waals surface area (Å²) in [6.07, 6.45) is 8.25. The van der Waals surface area contributed by atoms with Crippen molar-refractivity contribution in [1.29, 1.82) is 0 Å². The number of hydrogen-bond acceptors (Lipinski definition) is 3. The number of carboxylic acids is 1. The molecule has 0 spiro atoms. The van der Waals surface area contributed by atoms with Crippen LogP contribution in [0.15, 0.2) is 18.7 Å². The van der Waals surface area contributed by atoms with Gasteiger partial charge in [0.1, 0.15) is 0 Å². The molecule has 1 heterocycles. The zero-order valence-electron chi connectivity index (χ0n) is 11.2. The monoisotopic (exact) mass is 253 g/mol. The van der Waals surface area contributed by atoms with Crippen molar-refractivity contribution in [3.8, 4) is 0 Å². The Labute approximate surface area is 108 Å². The van der Waals surface area contributed by atoms with Crippen LogP contribution in [0.3, 0.4) is 0 Å². The van der Waals surface area contributed by atoms with Gasteiger partial charge >= 0.3 is 5.97 Å². The summed E-state index contributed by atoms with van der Waals surface area (Å²) in [5.41, 5.74) is 0. The van der Waals surface area contributed by atoms with Gasteiger partial charge in [-0.1, -0.05) is 13.3 Å². The molecule has 1 aromatic heterocycles.